The third kappa shape index (κ3) is 3.68. The van der Waals surface area contributed by atoms with Crippen LogP contribution in [-0.2, 0) is 4.74 Å². The number of pyridine rings is 1. The molecule has 2 aromatic heterocycles. The lowest BCUT2D eigenvalue weighted by Gasteiger charge is -2.11. The van der Waals surface area contributed by atoms with Crippen LogP contribution in [0.1, 0.15) is 40.5 Å². The molecule has 0 aliphatic rings. The molecule has 0 unspecified atom stereocenters. The summed E-state index contributed by atoms with van der Waals surface area (Å²) in [6.07, 6.45) is 1.22. The van der Waals surface area contributed by atoms with Crippen LogP contribution in [0.2, 0.25) is 0 Å². The molecular weight excluding hydrogens is 320 g/mol. The summed E-state index contributed by atoms with van der Waals surface area (Å²) in [4.78, 5) is 28.9. The summed E-state index contributed by atoms with van der Waals surface area (Å²) in [6, 6.07) is 10.0. The largest absolute Gasteiger partial charge is 0.459 e. The molecule has 6 nitrogen and oxygen atoms in total. The molecule has 0 atom stereocenters. The number of nitrogens with one attached hydrogen (secondary N) is 1. The van der Waals surface area contributed by atoms with Gasteiger partial charge in [0, 0.05) is 11.1 Å². The number of fused-ring (bicyclic) bond motifs is 1. The van der Waals surface area contributed by atoms with Crippen LogP contribution in [0.3, 0.4) is 0 Å². The van der Waals surface area contributed by atoms with E-state index in [1.807, 2.05) is 6.92 Å². The number of carbonyl (C=O) groups is 2. The van der Waals surface area contributed by atoms with Gasteiger partial charge >= 0.3 is 5.97 Å². The molecule has 0 saturated carbocycles. The predicted octanol–water partition coefficient (Wildman–Crippen LogP) is 3.95. The number of nitrogens with zero attached hydrogens (tertiary/aromatic N) is 1. The van der Waals surface area contributed by atoms with Crippen molar-refractivity contribution in [2.75, 3.05) is 5.32 Å². The highest BCUT2D eigenvalue weighted by Crippen LogP contribution is 2.25. The number of hydrogen-bond acceptors (Lipinski definition) is 5. The molecule has 0 radical (unpaired) electrons. The van der Waals surface area contributed by atoms with Gasteiger partial charge in [-0.05, 0) is 57.2 Å². The van der Waals surface area contributed by atoms with Crippen LogP contribution in [0.5, 0.6) is 0 Å². The third-order valence-electron chi connectivity index (χ3n) is 3.51. The number of furan rings is 1. The molecule has 1 amide bonds. The number of amides is 1. The zero-order valence-corrected chi connectivity index (χ0v) is 14.2. The van der Waals surface area contributed by atoms with E-state index in [1.165, 1.54) is 6.26 Å². The molecule has 0 aliphatic carbocycles. The first-order valence-electron chi connectivity index (χ1n) is 7.91. The molecule has 25 heavy (non-hydrogen) atoms. The lowest BCUT2D eigenvalue weighted by atomic mass is 10.1. The van der Waals surface area contributed by atoms with Crippen LogP contribution in [0.4, 0.5) is 5.69 Å². The van der Waals surface area contributed by atoms with Gasteiger partial charge in [-0.3, -0.25) is 9.78 Å². The molecule has 6 heteroatoms. The van der Waals surface area contributed by atoms with E-state index in [-0.39, 0.29) is 17.8 Å². The van der Waals surface area contributed by atoms with Crippen molar-refractivity contribution in [2.45, 2.75) is 26.9 Å². The molecule has 0 saturated heterocycles. The number of carbonyl (C=O) groups excluding carboxylic acids is 2. The summed E-state index contributed by atoms with van der Waals surface area (Å²) >= 11 is 0. The molecule has 3 rings (SSSR count). The minimum atomic E-state index is -0.416. The maximum atomic E-state index is 12.3. The minimum Gasteiger partial charge on any atom is -0.459 e. The summed E-state index contributed by atoms with van der Waals surface area (Å²) in [5, 5.41) is 3.47. The molecule has 0 fully saturated rings. The van der Waals surface area contributed by atoms with Gasteiger partial charge in [-0.15, -0.1) is 0 Å². The number of benzene rings is 1. The monoisotopic (exact) mass is 338 g/mol. The Morgan fingerprint density at radius 2 is 2.00 bits per heavy atom. The Balaban J connectivity index is 2.01. The standard InChI is InChI=1S/C19H18N2O4/c1-11(2)25-19(23)13-6-7-15-14(10-13)16(9-12(3)20-15)21-18(22)17-5-4-8-24-17/h4-11H,1-3H3,(H,20,21,22). The summed E-state index contributed by atoms with van der Waals surface area (Å²) < 4.78 is 10.3. The van der Waals surface area contributed by atoms with Gasteiger partial charge in [0.25, 0.3) is 5.91 Å². The molecule has 1 N–H and O–H groups in total. The van der Waals surface area contributed by atoms with E-state index in [1.54, 1.807) is 50.2 Å². The third-order valence-corrected chi connectivity index (χ3v) is 3.51. The summed E-state index contributed by atoms with van der Waals surface area (Å²) in [5.74, 6) is -0.578. The Morgan fingerprint density at radius 3 is 2.68 bits per heavy atom. The zero-order chi connectivity index (χ0) is 18.0. The van der Waals surface area contributed by atoms with Crippen LogP contribution >= 0.6 is 0 Å². The minimum absolute atomic E-state index is 0.206. The summed E-state index contributed by atoms with van der Waals surface area (Å²) in [5.41, 5.74) is 2.39. The van der Waals surface area contributed by atoms with E-state index in [2.05, 4.69) is 10.3 Å². The quantitative estimate of drug-likeness (QED) is 0.728. The fraction of sp³-hybridized carbons (Fsp3) is 0.211. The summed E-state index contributed by atoms with van der Waals surface area (Å²) in [7, 11) is 0. The molecule has 128 valence electrons. The van der Waals surface area contributed by atoms with Gasteiger partial charge in [0.2, 0.25) is 0 Å². The van der Waals surface area contributed by atoms with Crippen LogP contribution in [0.15, 0.2) is 47.1 Å². The van der Waals surface area contributed by atoms with Gasteiger partial charge in [-0.1, -0.05) is 0 Å². The molecule has 3 aromatic rings. The Kier molecular flexibility index (Phi) is 4.52. The molecule has 1 aromatic carbocycles. The van der Waals surface area contributed by atoms with Crippen LogP contribution in [0, 0.1) is 6.92 Å². The highest BCUT2D eigenvalue weighted by atomic mass is 16.5. The first kappa shape index (κ1) is 16.7. The van der Waals surface area contributed by atoms with Crippen molar-refractivity contribution in [3.63, 3.8) is 0 Å². The fourth-order valence-electron chi connectivity index (χ4n) is 2.46. The lowest BCUT2D eigenvalue weighted by Crippen LogP contribution is -2.13. The van der Waals surface area contributed by atoms with E-state index in [0.29, 0.717) is 22.2 Å². The van der Waals surface area contributed by atoms with Crippen molar-refractivity contribution >= 4 is 28.5 Å². The average Bonchev–Trinajstić information content (AvgIpc) is 3.08. The smallest absolute Gasteiger partial charge is 0.338 e. The molecule has 0 bridgehead atoms. The van der Waals surface area contributed by atoms with Crippen molar-refractivity contribution < 1.29 is 18.7 Å². The number of hydrogen-bond donors (Lipinski definition) is 1. The molecule has 2 heterocycles. The van der Waals surface area contributed by atoms with Crippen molar-refractivity contribution in [1.82, 2.24) is 4.98 Å². The Bertz CT molecular complexity index is 930. The number of rotatable bonds is 4. The normalized spacial score (nSPS) is 10.9. The van der Waals surface area contributed by atoms with E-state index in [9.17, 15) is 9.59 Å². The predicted molar refractivity (Wildman–Crippen MR) is 93.7 cm³/mol. The van der Waals surface area contributed by atoms with Crippen molar-refractivity contribution in [1.29, 1.82) is 0 Å². The van der Waals surface area contributed by atoms with Gasteiger partial charge in [0.15, 0.2) is 5.76 Å². The number of aromatic nitrogens is 1. The lowest BCUT2D eigenvalue weighted by molar-refractivity contribution is 0.0378. The first-order valence-corrected chi connectivity index (χ1v) is 7.91. The highest BCUT2D eigenvalue weighted by molar-refractivity contribution is 6.08. The highest BCUT2D eigenvalue weighted by Gasteiger charge is 2.15. The van der Waals surface area contributed by atoms with E-state index >= 15 is 0 Å². The van der Waals surface area contributed by atoms with E-state index in [4.69, 9.17) is 9.15 Å². The van der Waals surface area contributed by atoms with E-state index < -0.39 is 5.97 Å². The topological polar surface area (TPSA) is 81.4 Å². The average molecular weight is 338 g/mol. The fourth-order valence-corrected chi connectivity index (χ4v) is 2.46. The second kappa shape index (κ2) is 6.76. The van der Waals surface area contributed by atoms with Crippen LogP contribution in [0.25, 0.3) is 10.9 Å². The van der Waals surface area contributed by atoms with Gasteiger partial charge in [0.05, 0.1) is 29.1 Å². The van der Waals surface area contributed by atoms with Crippen molar-refractivity contribution in [3.05, 3.63) is 59.7 Å². The second-order valence-corrected chi connectivity index (χ2v) is 5.93. The van der Waals surface area contributed by atoms with E-state index in [0.717, 1.165) is 5.69 Å². The number of aryl methyl sites for hydroxylation is 1. The number of ether oxygens (including phenoxy) is 1. The number of anilines is 1. The van der Waals surface area contributed by atoms with Crippen LogP contribution in [-0.4, -0.2) is 23.0 Å². The Labute approximate surface area is 144 Å². The van der Waals surface area contributed by atoms with Crippen molar-refractivity contribution in [2.24, 2.45) is 0 Å². The maximum Gasteiger partial charge on any atom is 0.338 e. The van der Waals surface area contributed by atoms with Gasteiger partial charge in [0.1, 0.15) is 0 Å². The van der Waals surface area contributed by atoms with Gasteiger partial charge in [-0.2, -0.15) is 0 Å². The van der Waals surface area contributed by atoms with Gasteiger partial charge < -0.3 is 14.5 Å². The second-order valence-electron chi connectivity index (χ2n) is 5.93. The molecular formula is C19H18N2O4. The van der Waals surface area contributed by atoms with Crippen molar-refractivity contribution in [3.8, 4) is 0 Å². The maximum absolute atomic E-state index is 12.3. The SMILES string of the molecule is Cc1cc(NC(=O)c2ccco2)c2cc(C(=O)OC(C)C)ccc2n1. The zero-order valence-electron chi connectivity index (χ0n) is 14.2. The Hall–Kier alpha value is -3.15. The molecule has 0 aliphatic heterocycles. The molecule has 0 spiro atoms. The van der Waals surface area contributed by atoms with Gasteiger partial charge in [-0.25, -0.2) is 4.79 Å². The summed E-state index contributed by atoms with van der Waals surface area (Å²) in [6.45, 7) is 5.42. The first-order chi connectivity index (χ1) is 11.9. The van der Waals surface area contributed by atoms with Crippen LogP contribution < -0.4 is 5.32 Å². The Morgan fingerprint density at radius 1 is 1.20 bits per heavy atom. The number of esters is 1.